The first-order valence-corrected chi connectivity index (χ1v) is 6.98. The van der Waals surface area contributed by atoms with E-state index in [0.717, 1.165) is 34.3 Å². The third kappa shape index (κ3) is 2.66. The Kier molecular flexibility index (Phi) is 3.68. The summed E-state index contributed by atoms with van der Waals surface area (Å²) in [5, 5.41) is 5.51. The number of hydrogen-bond acceptors (Lipinski definition) is 4. The number of aryl methyl sites for hydroxylation is 2. The second kappa shape index (κ2) is 5.63. The maximum atomic E-state index is 5.79. The second-order valence-corrected chi connectivity index (χ2v) is 5.25. The largest absolute Gasteiger partial charge is 0.272 e. The Morgan fingerprint density at radius 1 is 1.29 bits per heavy atom. The van der Waals surface area contributed by atoms with Crippen molar-refractivity contribution < 1.29 is 0 Å². The molecule has 0 aliphatic heterocycles. The third-order valence-electron chi connectivity index (χ3n) is 3.75. The molecule has 3 aromatic rings. The van der Waals surface area contributed by atoms with Gasteiger partial charge in [-0.2, -0.15) is 5.10 Å². The quantitative estimate of drug-likeness (QED) is 0.567. The summed E-state index contributed by atoms with van der Waals surface area (Å²) in [5.74, 6) is 5.79. The van der Waals surface area contributed by atoms with E-state index in [1.807, 2.05) is 37.0 Å². The van der Waals surface area contributed by atoms with Crippen molar-refractivity contribution in [2.24, 2.45) is 12.9 Å². The van der Waals surface area contributed by atoms with Crippen LogP contribution >= 0.6 is 0 Å². The Bertz CT molecular complexity index is 757. The molecule has 108 valence electrons. The Balaban J connectivity index is 2.00. The smallest absolute Gasteiger partial charge is 0.0750 e. The van der Waals surface area contributed by atoms with Crippen molar-refractivity contribution in [1.82, 2.24) is 20.2 Å². The van der Waals surface area contributed by atoms with E-state index in [1.165, 1.54) is 0 Å². The number of aromatic nitrogens is 3. The summed E-state index contributed by atoms with van der Waals surface area (Å²) in [5.41, 5.74) is 7.16. The van der Waals surface area contributed by atoms with Gasteiger partial charge in [0.05, 0.1) is 17.3 Å². The zero-order chi connectivity index (χ0) is 14.8. The summed E-state index contributed by atoms with van der Waals surface area (Å²) in [6.07, 6.45) is 2.58. The van der Waals surface area contributed by atoms with Crippen molar-refractivity contribution in [2.45, 2.75) is 19.4 Å². The molecule has 0 fully saturated rings. The minimum atomic E-state index is -0.00148. The number of pyridine rings is 1. The predicted molar refractivity (Wildman–Crippen MR) is 83.5 cm³/mol. The summed E-state index contributed by atoms with van der Waals surface area (Å²) >= 11 is 0. The van der Waals surface area contributed by atoms with Crippen LogP contribution in [0.2, 0.25) is 0 Å². The maximum absolute atomic E-state index is 5.79. The Morgan fingerprint density at radius 3 is 2.81 bits per heavy atom. The van der Waals surface area contributed by atoms with E-state index in [-0.39, 0.29) is 6.04 Å². The number of para-hydroxylation sites is 1. The van der Waals surface area contributed by atoms with Crippen LogP contribution < -0.4 is 11.3 Å². The Morgan fingerprint density at radius 2 is 2.10 bits per heavy atom. The predicted octanol–water partition coefficient (Wildman–Crippen LogP) is 2.02. The van der Waals surface area contributed by atoms with E-state index < -0.39 is 0 Å². The normalized spacial score (nSPS) is 12.7. The van der Waals surface area contributed by atoms with Crippen molar-refractivity contribution in [1.29, 1.82) is 0 Å². The highest BCUT2D eigenvalue weighted by Gasteiger charge is 2.16. The molecule has 1 aromatic carbocycles. The van der Waals surface area contributed by atoms with Crippen LogP contribution in [0.25, 0.3) is 10.9 Å². The molecule has 0 radical (unpaired) electrons. The number of nitrogens with two attached hydrogens (primary N) is 1. The molecule has 2 aromatic heterocycles. The fraction of sp³-hybridized carbons (Fsp3) is 0.250. The number of benzene rings is 1. The molecule has 0 saturated carbocycles. The van der Waals surface area contributed by atoms with E-state index in [0.29, 0.717) is 0 Å². The molecule has 0 spiro atoms. The van der Waals surface area contributed by atoms with Crippen LogP contribution in [-0.2, 0) is 13.5 Å². The highest BCUT2D eigenvalue weighted by molar-refractivity contribution is 5.82. The highest BCUT2D eigenvalue weighted by Crippen LogP contribution is 2.24. The van der Waals surface area contributed by atoms with Gasteiger partial charge >= 0.3 is 0 Å². The van der Waals surface area contributed by atoms with Crippen molar-refractivity contribution in [3.63, 3.8) is 0 Å². The van der Waals surface area contributed by atoms with Gasteiger partial charge in [-0.25, -0.2) is 0 Å². The summed E-state index contributed by atoms with van der Waals surface area (Å²) in [6.45, 7) is 1.99. The van der Waals surface area contributed by atoms with Gasteiger partial charge in [0.25, 0.3) is 0 Å². The van der Waals surface area contributed by atoms with Gasteiger partial charge in [0.15, 0.2) is 0 Å². The van der Waals surface area contributed by atoms with Crippen molar-refractivity contribution in [2.75, 3.05) is 0 Å². The molecule has 0 saturated heterocycles. The van der Waals surface area contributed by atoms with E-state index in [2.05, 4.69) is 39.8 Å². The van der Waals surface area contributed by atoms with Crippen LogP contribution in [0.4, 0.5) is 0 Å². The van der Waals surface area contributed by atoms with Gasteiger partial charge in [-0.15, -0.1) is 0 Å². The molecule has 5 nitrogen and oxygen atoms in total. The molecule has 0 aliphatic rings. The minimum absolute atomic E-state index is 0.00148. The van der Waals surface area contributed by atoms with Gasteiger partial charge in [0, 0.05) is 30.7 Å². The van der Waals surface area contributed by atoms with Crippen LogP contribution in [0.5, 0.6) is 0 Å². The fourth-order valence-electron chi connectivity index (χ4n) is 2.73. The van der Waals surface area contributed by atoms with E-state index >= 15 is 0 Å². The van der Waals surface area contributed by atoms with Gasteiger partial charge in [-0.1, -0.05) is 24.3 Å². The maximum Gasteiger partial charge on any atom is 0.0750 e. The highest BCUT2D eigenvalue weighted by atomic mass is 15.3. The molecule has 2 heterocycles. The molecular weight excluding hydrogens is 262 g/mol. The fourth-order valence-corrected chi connectivity index (χ4v) is 2.73. The lowest BCUT2D eigenvalue weighted by molar-refractivity contribution is 0.532. The van der Waals surface area contributed by atoms with Crippen molar-refractivity contribution in [3.05, 3.63) is 59.5 Å². The number of hydrazine groups is 1. The molecule has 0 aliphatic carbocycles. The van der Waals surface area contributed by atoms with E-state index in [9.17, 15) is 0 Å². The average Bonchev–Trinajstić information content (AvgIpc) is 2.82. The molecule has 0 bridgehead atoms. The Hall–Kier alpha value is -2.24. The van der Waals surface area contributed by atoms with Crippen LogP contribution in [0.15, 0.2) is 42.6 Å². The standard InChI is InChI=1S/C16H19N5/c1-11-9-13(21(2)20-11)10-15(19-17)14-7-3-5-12-6-4-8-18-16(12)14/h3-9,15,19H,10,17H2,1-2H3. The first-order chi connectivity index (χ1) is 10.2. The van der Waals surface area contributed by atoms with Gasteiger partial charge in [-0.05, 0) is 24.6 Å². The number of nitrogens with zero attached hydrogens (tertiary/aromatic N) is 3. The summed E-state index contributed by atoms with van der Waals surface area (Å²) in [6, 6.07) is 12.3. The Labute approximate surface area is 123 Å². The molecule has 21 heavy (non-hydrogen) atoms. The van der Waals surface area contributed by atoms with Gasteiger partial charge < -0.3 is 0 Å². The van der Waals surface area contributed by atoms with Gasteiger partial charge in [0.1, 0.15) is 0 Å². The molecule has 1 atom stereocenters. The zero-order valence-electron chi connectivity index (χ0n) is 12.2. The number of rotatable bonds is 4. The molecule has 3 rings (SSSR count). The van der Waals surface area contributed by atoms with Crippen molar-refractivity contribution in [3.8, 4) is 0 Å². The lowest BCUT2D eigenvalue weighted by Crippen LogP contribution is -2.30. The summed E-state index contributed by atoms with van der Waals surface area (Å²) in [4.78, 5) is 4.50. The third-order valence-corrected chi connectivity index (χ3v) is 3.75. The second-order valence-electron chi connectivity index (χ2n) is 5.25. The number of fused-ring (bicyclic) bond motifs is 1. The van der Waals surface area contributed by atoms with Gasteiger partial charge in [-0.3, -0.25) is 20.9 Å². The first-order valence-electron chi connectivity index (χ1n) is 6.98. The molecule has 1 unspecified atom stereocenters. The van der Waals surface area contributed by atoms with Crippen LogP contribution in [0, 0.1) is 6.92 Å². The van der Waals surface area contributed by atoms with Crippen LogP contribution in [-0.4, -0.2) is 14.8 Å². The first kappa shape index (κ1) is 13.7. The average molecular weight is 281 g/mol. The number of nitrogens with one attached hydrogen (secondary N) is 1. The van der Waals surface area contributed by atoms with Crippen LogP contribution in [0.3, 0.4) is 0 Å². The molecule has 5 heteroatoms. The van der Waals surface area contributed by atoms with Crippen LogP contribution in [0.1, 0.15) is 23.0 Å². The number of hydrogen-bond donors (Lipinski definition) is 2. The molecule has 3 N–H and O–H groups in total. The lowest BCUT2D eigenvalue weighted by Gasteiger charge is -2.18. The monoisotopic (exact) mass is 281 g/mol. The lowest BCUT2D eigenvalue weighted by atomic mass is 9.99. The van der Waals surface area contributed by atoms with E-state index in [1.54, 1.807) is 0 Å². The summed E-state index contributed by atoms with van der Waals surface area (Å²) in [7, 11) is 1.96. The van der Waals surface area contributed by atoms with E-state index in [4.69, 9.17) is 5.84 Å². The summed E-state index contributed by atoms with van der Waals surface area (Å²) < 4.78 is 1.90. The molecule has 0 amide bonds. The SMILES string of the molecule is Cc1cc(CC(NN)c2cccc3cccnc23)n(C)n1. The minimum Gasteiger partial charge on any atom is -0.272 e. The molecular formula is C16H19N5. The zero-order valence-corrected chi connectivity index (χ0v) is 12.2. The topological polar surface area (TPSA) is 68.8 Å². The van der Waals surface area contributed by atoms with Gasteiger partial charge in [0.2, 0.25) is 0 Å². The van der Waals surface area contributed by atoms with Crippen molar-refractivity contribution >= 4 is 10.9 Å².